The van der Waals surface area contributed by atoms with E-state index in [1.165, 1.54) is 24.4 Å². The number of nitrogens with zero attached hydrogens (tertiary/aromatic N) is 3. The number of pyridine rings is 1. The summed E-state index contributed by atoms with van der Waals surface area (Å²) in [7, 11) is -3.46. The lowest BCUT2D eigenvalue weighted by Gasteiger charge is -2.09. The zero-order valence-electron chi connectivity index (χ0n) is 10.9. The van der Waals surface area contributed by atoms with Crippen molar-refractivity contribution >= 4 is 21.4 Å². The van der Waals surface area contributed by atoms with Crippen molar-refractivity contribution in [2.24, 2.45) is 0 Å². The molecule has 0 aliphatic heterocycles. The molecule has 0 atom stereocenters. The summed E-state index contributed by atoms with van der Waals surface area (Å²) in [6, 6.07) is 4.41. The summed E-state index contributed by atoms with van der Waals surface area (Å²) in [6.07, 6.45) is 1.45. The van der Waals surface area contributed by atoms with Gasteiger partial charge in [-0.3, -0.25) is 4.98 Å². The van der Waals surface area contributed by atoms with E-state index in [-0.39, 0.29) is 32.0 Å². The Morgan fingerprint density at radius 3 is 2.75 bits per heavy atom. The Labute approximate surface area is 121 Å². The van der Waals surface area contributed by atoms with Crippen molar-refractivity contribution < 1.29 is 13.3 Å². The van der Waals surface area contributed by atoms with E-state index in [9.17, 15) is 13.6 Å². The largest absolute Gasteiger partial charge is 0.593 e. The van der Waals surface area contributed by atoms with Crippen LogP contribution < -0.4 is 4.85 Å². The predicted octanol–water partition coefficient (Wildman–Crippen LogP) is 1.53. The first-order valence-electron chi connectivity index (χ1n) is 5.82. The lowest BCUT2D eigenvalue weighted by molar-refractivity contribution is -0.666. The zero-order chi connectivity index (χ0) is 14.9. The van der Waals surface area contributed by atoms with Crippen LogP contribution in [0.2, 0.25) is 5.15 Å². The summed E-state index contributed by atoms with van der Waals surface area (Å²) in [6.45, 7) is 3.23. The molecule has 2 aromatic heterocycles. The molecule has 2 aromatic rings. The van der Waals surface area contributed by atoms with Gasteiger partial charge in [-0.05, 0) is 41.1 Å². The molecule has 0 N–H and O–H groups in total. The van der Waals surface area contributed by atoms with E-state index in [0.29, 0.717) is 5.56 Å². The maximum atomic E-state index is 12.1. The van der Waals surface area contributed by atoms with Crippen LogP contribution in [-0.2, 0) is 9.84 Å². The number of aromatic nitrogens is 3. The average molecular weight is 314 g/mol. The van der Waals surface area contributed by atoms with Crippen LogP contribution in [0.5, 0.6) is 0 Å². The highest BCUT2D eigenvalue weighted by Gasteiger charge is 2.23. The van der Waals surface area contributed by atoms with Crippen LogP contribution in [0.3, 0.4) is 0 Å². The molecule has 20 heavy (non-hydrogen) atoms. The van der Waals surface area contributed by atoms with Gasteiger partial charge in [0.2, 0.25) is 0 Å². The van der Waals surface area contributed by atoms with Gasteiger partial charge in [-0.1, -0.05) is 6.92 Å². The second-order valence-electron chi connectivity index (χ2n) is 4.13. The zero-order valence-corrected chi connectivity index (χ0v) is 12.4. The molecule has 0 aliphatic rings. The number of hydrogen-bond donors (Lipinski definition) is 0. The molecule has 106 valence electrons. The fraction of sp³-hybridized carbons (Fsp3) is 0.250. The van der Waals surface area contributed by atoms with E-state index in [1.54, 1.807) is 13.8 Å². The standard InChI is InChI=1S/C12H12ClN3O3S/c1-3-20(18,19)9-5-4-6-14-12(9)11-8(2)7-10(13)16(17)15-11/h4-7H,3H2,1-2H3. The number of sulfone groups is 1. The van der Waals surface area contributed by atoms with Gasteiger partial charge in [-0.2, -0.15) is 0 Å². The van der Waals surface area contributed by atoms with Gasteiger partial charge < -0.3 is 5.21 Å². The number of rotatable bonds is 3. The quantitative estimate of drug-likeness (QED) is 0.633. The topological polar surface area (TPSA) is 86.9 Å². The molecule has 0 aromatic carbocycles. The van der Waals surface area contributed by atoms with Gasteiger partial charge in [0.1, 0.15) is 5.69 Å². The highest BCUT2D eigenvalue weighted by atomic mass is 35.5. The van der Waals surface area contributed by atoms with Crippen molar-refractivity contribution in [1.82, 2.24) is 10.1 Å². The lowest BCUT2D eigenvalue weighted by atomic mass is 10.2. The van der Waals surface area contributed by atoms with E-state index in [0.717, 1.165) is 0 Å². The molecule has 0 bridgehead atoms. The summed E-state index contributed by atoms with van der Waals surface area (Å²) in [4.78, 5) is 4.35. The molecular weight excluding hydrogens is 302 g/mol. The third kappa shape index (κ3) is 2.59. The van der Waals surface area contributed by atoms with Crippen LogP contribution >= 0.6 is 11.6 Å². The fourth-order valence-electron chi connectivity index (χ4n) is 1.73. The summed E-state index contributed by atoms with van der Waals surface area (Å²) in [5.74, 6) is -0.0598. The Bertz CT molecular complexity index is 763. The number of aryl methyl sites for hydroxylation is 1. The minimum Gasteiger partial charge on any atom is -0.593 e. The van der Waals surface area contributed by atoms with Gasteiger partial charge in [0.25, 0.3) is 0 Å². The summed E-state index contributed by atoms with van der Waals surface area (Å²) < 4.78 is 24.2. The van der Waals surface area contributed by atoms with E-state index in [1.807, 2.05) is 0 Å². The second-order valence-corrected chi connectivity index (χ2v) is 6.76. The molecule has 0 saturated carbocycles. The van der Waals surface area contributed by atoms with E-state index >= 15 is 0 Å². The van der Waals surface area contributed by atoms with Gasteiger partial charge in [0.05, 0.1) is 10.6 Å². The summed E-state index contributed by atoms with van der Waals surface area (Å²) in [5.41, 5.74) is 0.943. The van der Waals surface area contributed by atoms with Gasteiger partial charge in [0.15, 0.2) is 15.5 Å². The van der Waals surface area contributed by atoms with Crippen molar-refractivity contribution in [3.8, 4) is 11.4 Å². The van der Waals surface area contributed by atoms with Crippen molar-refractivity contribution in [3.63, 3.8) is 0 Å². The monoisotopic (exact) mass is 313 g/mol. The Kier molecular flexibility index (Phi) is 3.92. The minimum absolute atomic E-state index is 0.0559. The predicted molar refractivity (Wildman–Crippen MR) is 73.9 cm³/mol. The van der Waals surface area contributed by atoms with E-state index in [4.69, 9.17) is 11.6 Å². The normalized spacial score (nSPS) is 11.6. The van der Waals surface area contributed by atoms with Crippen LogP contribution in [0.25, 0.3) is 11.4 Å². The molecule has 8 heteroatoms. The molecule has 0 spiro atoms. The van der Waals surface area contributed by atoms with E-state index in [2.05, 4.69) is 10.1 Å². The third-order valence-corrected chi connectivity index (χ3v) is 4.81. The van der Waals surface area contributed by atoms with Crippen LogP contribution in [-0.4, -0.2) is 24.3 Å². The minimum atomic E-state index is -3.46. The van der Waals surface area contributed by atoms with Crippen molar-refractivity contribution in [3.05, 3.63) is 40.3 Å². The summed E-state index contributed by atoms with van der Waals surface area (Å²) >= 11 is 5.68. The van der Waals surface area contributed by atoms with Gasteiger partial charge in [-0.15, -0.1) is 0 Å². The van der Waals surface area contributed by atoms with E-state index < -0.39 is 9.84 Å². The molecule has 6 nitrogen and oxygen atoms in total. The highest BCUT2D eigenvalue weighted by molar-refractivity contribution is 7.91. The van der Waals surface area contributed by atoms with Crippen LogP contribution in [0.1, 0.15) is 12.5 Å². The first kappa shape index (κ1) is 14.7. The molecule has 0 aliphatic carbocycles. The lowest BCUT2D eigenvalue weighted by Crippen LogP contribution is -2.33. The maximum Gasteiger partial charge on any atom is 0.313 e. The van der Waals surface area contributed by atoms with Crippen LogP contribution in [0.15, 0.2) is 29.3 Å². The van der Waals surface area contributed by atoms with Crippen LogP contribution in [0.4, 0.5) is 0 Å². The smallest absolute Gasteiger partial charge is 0.313 e. The molecule has 0 fully saturated rings. The van der Waals surface area contributed by atoms with Crippen molar-refractivity contribution in [2.45, 2.75) is 18.7 Å². The molecule has 0 amide bonds. The number of hydrogen-bond acceptors (Lipinski definition) is 5. The third-order valence-electron chi connectivity index (χ3n) is 2.79. The van der Waals surface area contributed by atoms with Crippen molar-refractivity contribution in [1.29, 1.82) is 0 Å². The van der Waals surface area contributed by atoms with Gasteiger partial charge in [0, 0.05) is 17.4 Å². The Balaban J connectivity index is 2.75. The Morgan fingerprint density at radius 2 is 2.10 bits per heavy atom. The average Bonchev–Trinajstić information content (AvgIpc) is 2.43. The maximum absolute atomic E-state index is 12.1. The van der Waals surface area contributed by atoms with Gasteiger partial charge >= 0.3 is 5.15 Å². The highest BCUT2D eigenvalue weighted by Crippen LogP contribution is 2.26. The van der Waals surface area contributed by atoms with Crippen molar-refractivity contribution in [2.75, 3.05) is 5.75 Å². The Morgan fingerprint density at radius 1 is 1.40 bits per heavy atom. The first-order chi connectivity index (χ1) is 9.36. The SMILES string of the molecule is CCS(=O)(=O)c1cccnc1-c1n[n+]([O-])c(Cl)cc1C. The molecular formula is C12H12ClN3O3S. The second kappa shape index (κ2) is 5.34. The number of halogens is 1. The Hall–Kier alpha value is -1.73. The fourth-order valence-corrected chi connectivity index (χ4v) is 2.97. The first-order valence-corrected chi connectivity index (χ1v) is 7.85. The molecule has 2 rings (SSSR count). The van der Waals surface area contributed by atoms with Crippen LogP contribution in [0, 0.1) is 12.1 Å². The molecule has 2 heterocycles. The molecule has 0 radical (unpaired) electrons. The molecule has 0 saturated heterocycles. The van der Waals surface area contributed by atoms with Gasteiger partial charge in [-0.25, -0.2) is 8.42 Å². The molecule has 0 unspecified atom stereocenters. The summed E-state index contributed by atoms with van der Waals surface area (Å²) in [5, 5.41) is 15.2.